The predicted octanol–water partition coefficient (Wildman–Crippen LogP) is 1.79. The van der Waals surface area contributed by atoms with Gasteiger partial charge in [-0.3, -0.25) is 0 Å². The Morgan fingerprint density at radius 1 is 1.53 bits per heavy atom. The molecule has 4 nitrogen and oxygen atoms in total. The molecule has 4 heteroatoms. The summed E-state index contributed by atoms with van der Waals surface area (Å²) in [6, 6.07) is 3.48. The number of methoxy groups -OCH3 is 1. The van der Waals surface area contributed by atoms with Gasteiger partial charge in [-0.05, 0) is 24.5 Å². The summed E-state index contributed by atoms with van der Waals surface area (Å²) in [5.41, 5.74) is 6.99. The first-order valence-corrected chi connectivity index (χ1v) is 5.02. The molecule has 0 aliphatic rings. The average molecular weight is 208 g/mol. The van der Waals surface area contributed by atoms with Gasteiger partial charge in [-0.2, -0.15) is 0 Å². The van der Waals surface area contributed by atoms with Gasteiger partial charge in [0.25, 0.3) is 0 Å². The minimum absolute atomic E-state index is 0.259. The first-order chi connectivity index (χ1) is 7.19. The maximum Gasteiger partial charge on any atom is 0.356 e. The number of ether oxygens (including phenoxy) is 1. The summed E-state index contributed by atoms with van der Waals surface area (Å²) in [6.45, 7) is 2.12. The lowest BCUT2D eigenvalue weighted by atomic mass is 10.1. The molecule has 0 fully saturated rings. The Kier molecular flexibility index (Phi) is 4.09. The van der Waals surface area contributed by atoms with Crippen LogP contribution >= 0.6 is 0 Å². The van der Waals surface area contributed by atoms with E-state index in [2.05, 4.69) is 16.6 Å². The molecular weight excluding hydrogens is 192 g/mol. The number of unbranched alkanes of at least 4 members (excludes halogenated alkanes) is 1. The minimum atomic E-state index is -0.455. The van der Waals surface area contributed by atoms with Crippen molar-refractivity contribution in [3.63, 3.8) is 0 Å². The molecule has 2 N–H and O–H groups in total. The van der Waals surface area contributed by atoms with Crippen molar-refractivity contribution in [2.75, 3.05) is 12.8 Å². The Balaban J connectivity index is 2.83. The van der Waals surface area contributed by atoms with Crippen LogP contribution in [0.4, 0.5) is 5.82 Å². The van der Waals surface area contributed by atoms with E-state index in [0.717, 1.165) is 24.8 Å². The molecule has 0 unspecified atom stereocenters. The van der Waals surface area contributed by atoms with Crippen LogP contribution in [0.2, 0.25) is 0 Å². The van der Waals surface area contributed by atoms with Crippen LogP contribution < -0.4 is 5.73 Å². The summed E-state index contributed by atoms with van der Waals surface area (Å²) in [5, 5.41) is 0. The molecular formula is C11H16N2O2. The number of aromatic nitrogens is 1. The van der Waals surface area contributed by atoms with Gasteiger partial charge < -0.3 is 10.5 Å². The number of hydrogen-bond acceptors (Lipinski definition) is 4. The van der Waals surface area contributed by atoms with E-state index in [9.17, 15) is 4.79 Å². The van der Waals surface area contributed by atoms with Crippen molar-refractivity contribution in [3.05, 3.63) is 23.4 Å². The quantitative estimate of drug-likeness (QED) is 0.766. The second kappa shape index (κ2) is 5.34. The van der Waals surface area contributed by atoms with E-state index in [0.29, 0.717) is 5.82 Å². The van der Waals surface area contributed by atoms with Crippen LogP contribution in [-0.4, -0.2) is 18.1 Å². The van der Waals surface area contributed by atoms with Gasteiger partial charge in [0.2, 0.25) is 0 Å². The average Bonchev–Trinajstić information content (AvgIpc) is 2.26. The predicted molar refractivity (Wildman–Crippen MR) is 58.6 cm³/mol. The molecule has 1 heterocycles. The molecule has 1 aromatic heterocycles. The number of pyridine rings is 1. The van der Waals surface area contributed by atoms with Gasteiger partial charge in [-0.15, -0.1) is 0 Å². The number of carbonyl (C=O) groups excluding carboxylic acids is 1. The molecule has 0 amide bonds. The lowest BCUT2D eigenvalue weighted by Gasteiger charge is -2.05. The highest BCUT2D eigenvalue weighted by Crippen LogP contribution is 2.13. The summed E-state index contributed by atoms with van der Waals surface area (Å²) in [6.07, 6.45) is 3.08. The highest BCUT2D eigenvalue weighted by Gasteiger charge is 2.09. The van der Waals surface area contributed by atoms with Crippen molar-refractivity contribution in [2.24, 2.45) is 0 Å². The van der Waals surface area contributed by atoms with Crippen molar-refractivity contribution in [2.45, 2.75) is 26.2 Å². The molecule has 0 atom stereocenters. The van der Waals surface area contributed by atoms with Crippen molar-refractivity contribution in [3.8, 4) is 0 Å². The molecule has 0 saturated heterocycles. The van der Waals surface area contributed by atoms with Gasteiger partial charge in [0.15, 0.2) is 5.69 Å². The topological polar surface area (TPSA) is 65.2 Å². The van der Waals surface area contributed by atoms with Gasteiger partial charge >= 0.3 is 5.97 Å². The fourth-order valence-electron chi connectivity index (χ4n) is 1.30. The van der Waals surface area contributed by atoms with Crippen LogP contribution in [0.15, 0.2) is 12.1 Å². The number of esters is 1. The van der Waals surface area contributed by atoms with Crippen LogP contribution in [0.25, 0.3) is 0 Å². The third kappa shape index (κ3) is 2.94. The first-order valence-electron chi connectivity index (χ1n) is 5.02. The maximum atomic E-state index is 11.2. The maximum absolute atomic E-state index is 11.2. The summed E-state index contributed by atoms with van der Waals surface area (Å²) in [7, 11) is 1.32. The van der Waals surface area contributed by atoms with Crippen LogP contribution in [-0.2, 0) is 11.2 Å². The van der Waals surface area contributed by atoms with Gasteiger partial charge in [0.1, 0.15) is 5.82 Å². The highest BCUT2D eigenvalue weighted by molar-refractivity contribution is 5.87. The van der Waals surface area contributed by atoms with Crippen molar-refractivity contribution in [1.82, 2.24) is 4.98 Å². The zero-order valence-corrected chi connectivity index (χ0v) is 9.12. The first kappa shape index (κ1) is 11.5. The van der Waals surface area contributed by atoms with E-state index in [1.165, 1.54) is 7.11 Å². The molecule has 1 aromatic rings. The smallest absolute Gasteiger partial charge is 0.356 e. The second-order valence-corrected chi connectivity index (χ2v) is 3.34. The van der Waals surface area contributed by atoms with Gasteiger partial charge in [-0.1, -0.05) is 19.4 Å². The largest absolute Gasteiger partial charge is 0.464 e. The summed E-state index contributed by atoms with van der Waals surface area (Å²) >= 11 is 0. The standard InChI is InChI=1S/C11H16N2O2/c1-3-4-5-8-6-7-9(11(14)15-2)13-10(8)12/h6-7H,3-5H2,1-2H3,(H2,12,13). The number of carbonyl (C=O) groups is 1. The number of anilines is 1. The zero-order chi connectivity index (χ0) is 11.3. The van der Waals surface area contributed by atoms with Crippen LogP contribution in [0.1, 0.15) is 35.8 Å². The SMILES string of the molecule is CCCCc1ccc(C(=O)OC)nc1N. The van der Waals surface area contributed by atoms with E-state index in [-0.39, 0.29) is 5.69 Å². The van der Waals surface area contributed by atoms with Crippen molar-refractivity contribution >= 4 is 11.8 Å². The summed E-state index contributed by atoms with van der Waals surface area (Å²) in [4.78, 5) is 15.2. The fourth-order valence-corrected chi connectivity index (χ4v) is 1.30. The Morgan fingerprint density at radius 3 is 2.80 bits per heavy atom. The molecule has 0 aromatic carbocycles. The van der Waals surface area contributed by atoms with E-state index in [4.69, 9.17) is 5.73 Å². The van der Waals surface area contributed by atoms with Gasteiger partial charge in [0.05, 0.1) is 7.11 Å². The highest BCUT2D eigenvalue weighted by atomic mass is 16.5. The van der Waals surface area contributed by atoms with E-state index in [1.807, 2.05) is 6.07 Å². The van der Waals surface area contributed by atoms with Crippen molar-refractivity contribution in [1.29, 1.82) is 0 Å². The number of nitrogens with two attached hydrogens (primary N) is 1. The normalized spacial score (nSPS) is 10.0. The molecule has 0 spiro atoms. The summed E-state index contributed by atoms with van der Waals surface area (Å²) in [5.74, 6) is -0.0323. The Hall–Kier alpha value is -1.58. The number of nitrogen functional groups attached to an aromatic ring is 1. The molecule has 82 valence electrons. The van der Waals surface area contributed by atoms with E-state index < -0.39 is 5.97 Å². The fraction of sp³-hybridized carbons (Fsp3) is 0.455. The van der Waals surface area contributed by atoms with Crippen molar-refractivity contribution < 1.29 is 9.53 Å². The lowest BCUT2D eigenvalue weighted by molar-refractivity contribution is 0.0594. The Labute approximate surface area is 89.5 Å². The second-order valence-electron chi connectivity index (χ2n) is 3.34. The van der Waals surface area contributed by atoms with Gasteiger partial charge in [0, 0.05) is 0 Å². The Bertz CT molecular complexity index is 350. The van der Waals surface area contributed by atoms with E-state index >= 15 is 0 Å². The van der Waals surface area contributed by atoms with E-state index in [1.54, 1.807) is 6.07 Å². The monoisotopic (exact) mass is 208 g/mol. The molecule has 15 heavy (non-hydrogen) atoms. The molecule has 0 aliphatic carbocycles. The summed E-state index contributed by atoms with van der Waals surface area (Å²) < 4.78 is 4.56. The zero-order valence-electron chi connectivity index (χ0n) is 9.12. The van der Waals surface area contributed by atoms with Crippen LogP contribution in [0.3, 0.4) is 0 Å². The Morgan fingerprint density at radius 2 is 2.27 bits per heavy atom. The third-order valence-electron chi connectivity index (χ3n) is 2.21. The van der Waals surface area contributed by atoms with Gasteiger partial charge in [-0.25, -0.2) is 9.78 Å². The van der Waals surface area contributed by atoms with Crippen LogP contribution in [0.5, 0.6) is 0 Å². The molecule has 0 radical (unpaired) electrons. The lowest BCUT2D eigenvalue weighted by Crippen LogP contribution is -2.07. The molecule has 0 saturated carbocycles. The molecule has 0 bridgehead atoms. The third-order valence-corrected chi connectivity index (χ3v) is 2.21. The number of nitrogens with zero attached hydrogens (tertiary/aromatic N) is 1. The molecule has 1 rings (SSSR count). The van der Waals surface area contributed by atoms with Crippen LogP contribution in [0, 0.1) is 0 Å². The molecule has 0 aliphatic heterocycles. The number of rotatable bonds is 4. The number of hydrogen-bond donors (Lipinski definition) is 1. The number of aryl methyl sites for hydroxylation is 1. The minimum Gasteiger partial charge on any atom is -0.464 e.